The number of nitrogens with one attached hydrogen (secondary N) is 1. The van der Waals surface area contributed by atoms with E-state index in [1.807, 2.05) is 24.2 Å². The van der Waals surface area contributed by atoms with Crippen LogP contribution >= 0.6 is 11.3 Å². The highest BCUT2D eigenvalue weighted by Crippen LogP contribution is 2.27. The third-order valence-electron chi connectivity index (χ3n) is 2.47. The molecular formula is C11H18F2N4O2S. The molecule has 4 N–H and O–H groups in total. The van der Waals surface area contributed by atoms with Crippen molar-refractivity contribution in [2.24, 2.45) is 0 Å². The molecule has 0 spiro atoms. The van der Waals surface area contributed by atoms with Gasteiger partial charge in [0.1, 0.15) is 17.3 Å². The molecule has 0 fully saturated rings. The lowest BCUT2D eigenvalue weighted by molar-refractivity contribution is -0.0461. The Morgan fingerprint density at radius 1 is 1.60 bits per heavy atom. The number of nitrogen functional groups attached to an aromatic ring is 1. The first-order valence-electron chi connectivity index (χ1n) is 6.05. The van der Waals surface area contributed by atoms with E-state index in [9.17, 15) is 13.6 Å². The van der Waals surface area contributed by atoms with E-state index in [4.69, 9.17) is 10.8 Å². The number of halogens is 2. The zero-order chi connectivity index (χ0) is 15.3. The smallest absolute Gasteiger partial charge is 0.287 e. The summed E-state index contributed by atoms with van der Waals surface area (Å²) in [6.07, 6.45) is 0.903. The number of carbonyl (C=O) groups is 1. The minimum absolute atomic E-state index is 0.0118. The number of amides is 1. The fourth-order valence-electron chi connectivity index (χ4n) is 1.42. The molecule has 0 saturated heterocycles. The largest absolute Gasteiger partial charge is 0.390 e. The minimum Gasteiger partial charge on any atom is -0.390 e. The second-order valence-electron chi connectivity index (χ2n) is 4.33. The number of carbonyl (C=O) groups excluding carboxylic acids is 1. The van der Waals surface area contributed by atoms with Crippen LogP contribution in [0.1, 0.15) is 23.0 Å². The summed E-state index contributed by atoms with van der Waals surface area (Å²) in [4.78, 5) is 17.7. The molecule has 1 aromatic heterocycles. The molecule has 0 radical (unpaired) electrons. The first kappa shape index (κ1) is 16.6. The van der Waals surface area contributed by atoms with E-state index in [1.165, 1.54) is 0 Å². The van der Waals surface area contributed by atoms with Gasteiger partial charge >= 0.3 is 0 Å². The number of aliphatic hydroxyl groups is 1. The molecule has 0 unspecified atom stereocenters. The van der Waals surface area contributed by atoms with E-state index in [0.29, 0.717) is 5.13 Å². The van der Waals surface area contributed by atoms with Crippen molar-refractivity contribution in [3.05, 3.63) is 4.88 Å². The molecule has 1 rings (SSSR count). The first-order valence-corrected chi connectivity index (χ1v) is 6.86. The van der Waals surface area contributed by atoms with Crippen molar-refractivity contribution in [3.63, 3.8) is 0 Å². The number of rotatable bonds is 7. The number of nitrogens with two attached hydrogens (primary N) is 1. The maximum absolute atomic E-state index is 12.8. The maximum atomic E-state index is 12.8. The lowest BCUT2D eigenvalue weighted by Gasteiger charge is -2.14. The zero-order valence-corrected chi connectivity index (χ0v) is 12.1. The normalized spacial score (nSPS) is 11.4. The molecule has 1 heterocycles. The number of aromatic nitrogens is 1. The fourth-order valence-corrected chi connectivity index (χ4v) is 2.31. The molecule has 114 valence electrons. The fraction of sp³-hybridized carbons (Fsp3) is 0.636. The van der Waals surface area contributed by atoms with Gasteiger partial charge in [-0.25, -0.2) is 13.8 Å². The maximum Gasteiger partial charge on any atom is 0.287 e. The van der Waals surface area contributed by atoms with E-state index in [0.717, 1.165) is 24.3 Å². The summed E-state index contributed by atoms with van der Waals surface area (Å²) in [6, 6.07) is 0. The van der Waals surface area contributed by atoms with Crippen LogP contribution < -0.4 is 16.0 Å². The van der Waals surface area contributed by atoms with Crippen molar-refractivity contribution in [3.8, 4) is 0 Å². The molecular weight excluding hydrogens is 290 g/mol. The number of hydrogen-bond acceptors (Lipinski definition) is 6. The van der Waals surface area contributed by atoms with Crippen LogP contribution in [-0.2, 0) is 0 Å². The van der Waals surface area contributed by atoms with Gasteiger partial charge in [0.15, 0.2) is 5.13 Å². The van der Waals surface area contributed by atoms with Crippen molar-refractivity contribution in [1.29, 1.82) is 0 Å². The second-order valence-corrected chi connectivity index (χ2v) is 5.31. The van der Waals surface area contributed by atoms with Gasteiger partial charge < -0.3 is 21.1 Å². The van der Waals surface area contributed by atoms with E-state index < -0.39 is 25.0 Å². The Kier molecular flexibility index (Phi) is 5.63. The van der Waals surface area contributed by atoms with Crippen molar-refractivity contribution in [2.75, 3.05) is 37.4 Å². The van der Waals surface area contributed by atoms with Gasteiger partial charge in [-0.1, -0.05) is 18.3 Å². The predicted octanol–water partition coefficient (Wildman–Crippen LogP) is 0.929. The molecule has 0 bridgehead atoms. The summed E-state index contributed by atoms with van der Waals surface area (Å²) in [6.45, 7) is 0.477. The van der Waals surface area contributed by atoms with Crippen molar-refractivity contribution in [1.82, 2.24) is 10.3 Å². The van der Waals surface area contributed by atoms with Gasteiger partial charge in [0.25, 0.3) is 11.8 Å². The number of aliphatic hydroxyl groups excluding tert-OH is 1. The number of anilines is 2. The number of hydrogen-bond donors (Lipinski definition) is 3. The number of nitrogens with zero attached hydrogens (tertiary/aromatic N) is 2. The Balaban J connectivity index is 2.74. The second kappa shape index (κ2) is 6.80. The summed E-state index contributed by atoms with van der Waals surface area (Å²) in [5.74, 6) is -4.06. The van der Waals surface area contributed by atoms with Crippen molar-refractivity contribution in [2.45, 2.75) is 19.3 Å². The van der Waals surface area contributed by atoms with Gasteiger partial charge in [0.2, 0.25) is 0 Å². The summed E-state index contributed by atoms with van der Waals surface area (Å²) in [7, 11) is 1.81. The standard InChI is InChI=1S/C11H18F2N4O2S/c1-3-4-17(2)10-16-8(14)7(20-10)9(19)15-5-11(12,13)6-18/h18H,3-6,14H2,1-2H3,(H,15,19). The monoisotopic (exact) mass is 308 g/mol. The highest BCUT2D eigenvalue weighted by Gasteiger charge is 2.29. The Morgan fingerprint density at radius 3 is 2.80 bits per heavy atom. The SMILES string of the molecule is CCCN(C)c1nc(N)c(C(=O)NCC(F)(F)CO)s1. The van der Waals surface area contributed by atoms with Crippen LogP contribution in [0, 0.1) is 0 Å². The van der Waals surface area contributed by atoms with Gasteiger partial charge in [-0.05, 0) is 6.42 Å². The summed E-state index contributed by atoms with van der Waals surface area (Å²) in [5.41, 5.74) is 5.62. The van der Waals surface area contributed by atoms with Gasteiger partial charge in [0, 0.05) is 13.6 Å². The molecule has 9 heteroatoms. The first-order chi connectivity index (χ1) is 9.30. The van der Waals surface area contributed by atoms with Crippen LogP contribution in [0.25, 0.3) is 0 Å². The van der Waals surface area contributed by atoms with Crippen LogP contribution in [0.2, 0.25) is 0 Å². The summed E-state index contributed by atoms with van der Waals surface area (Å²) in [5, 5.41) is 11.0. The third kappa shape index (κ3) is 4.27. The molecule has 0 aliphatic carbocycles. The summed E-state index contributed by atoms with van der Waals surface area (Å²) < 4.78 is 25.7. The Hall–Kier alpha value is -1.48. The van der Waals surface area contributed by atoms with Gasteiger partial charge in [-0.3, -0.25) is 4.79 Å². The van der Waals surface area contributed by atoms with Crippen LogP contribution in [0.4, 0.5) is 19.7 Å². The average Bonchev–Trinajstić information content (AvgIpc) is 2.79. The molecule has 20 heavy (non-hydrogen) atoms. The lowest BCUT2D eigenvalue weighted by Crippen LogP contribution is -2.38. The number of alkyl halides is 2. The van der Waals surface area contributed by atoms with Crippen LogP contribution in [0.5, 0.6) is 0 Å². The minimum atomic E-state index is -3.35. The van der Waals surface area contributed by atoms with E-state index >= 15 is 0 Å². The molecule has 0 aliphatic heterocycles. The average molecular weight is 308 g/mol. The molecule has 0 atom stereocenters. The molecule has 0 saturated carbocycles. The topological polar surface area (TPSA) is 91.5 Å². The van der Waals surface area contributed by atoms with Crippen LogP contribution in [0.15, 0.2) is 0 Å². The Morgan fingerprint density at radius 2 is 2.25 bits per heavy atom. The quantitative estimate of drug-likeness (QED) is 0.697. The van der Waals surface area contributed by atoms with Gasteiger partial charge in [-0.15, -0.1) is 0 Å². The lowest BCUT2D eigenvalue weighted by atomic mass is 10.3. The van der Waals surface area contributed by atoms with Crippen molar-refractivity contribution >= 4 is 28.2 Å². The molecule has 0 aliphatic rings. The highest BCUT2D eigenvalue weighted by atomic mass is 32.1. The van der Waals surface area contributed by atoms with Gasteiger partial charge in [-0.2, -0.15) is 0 Å². The van der Waals surface area contributed by atoms with Crippen molar-refractivity contribution < 1.29 is 18.7 Å². The molecule has 6 nitrogen and oxygen atoms in total. The van der Waals surface area contributed by atoms with Crippen LogP contribution in [-0.4, -0.2) is 48.7 Å². The molecule has 1 amide bonds. The highest BCUT2D eigenvalue weighted by molar-refractivity contribution is 7.18. The predicted molar refractivity (Wildman–Crippen MR) is 74.5 cm³/mol. The summed E-state index contributed by atoms with van der Waals surface area (Å²) >= 11 is 1.04. The van der Waals surface area contributed by atoms with E-state index in [1.54, 1.807) is 0 Å². The van der Waals surface area contributed by atoms with E-state index in [2.05, 4.69) is 4.98 Å². The van der Waals surface area contributed by atoms with E-state index in [-0.39, 0.29) is 10.7 Å². The third-order valence-corrected chi connectivity index (χ3v) is 3.66. The van der Waals surface area contributed by atoms with Gasteiger partial charge in [0.05, 0.1) is 6.54 Å². The molecule has 1 aromatic rings. The number of thiazole rings is 1. The zero-order valence-electron chi connectivity index (χ0n) is 11.3. The molecule has 0 aromatic carbocycles. The Labute approximate surface area is 119 Å². The van der Waals surface area contributed by atoms with Crippen LogP contribution in [0.3, 0.4) is 0 Å². The Bertz CT molecular complexity index is 467.